The molecule has 0 amide bonds. The van der Waals surface area contributed by atoms with Crippen LogP contribution in [0.2, 0.25) is 0 Å². The van der Waals surface area contributed by atoms with Gasteiger partial charge in [0.2, 0.25) is 0 Å². The first-order chi connectivity index (χ1) is 12.0. The van der Waals surface area contributed by atoms with E-state index in [-0.39, 0.29) is 0 Å². The van der Waals surface area contributed by atoms with Gasteiger partial charge in [0.05, 0.1) is 18.8 Å². The predicted molar refractivity (Wildman–Crippen MR) is 86.2 cm³/mol. The average Bonchev–Trinajstić information content (AvgIpc) is 3.01. The Morgan fingerprint density at radius 2 is 1.80 bits per heavy atom. The third-order valence-corrected chi connectivity index (χ3v) is 3.94. The minimum absolute atomic E-state index is 0.523. The molecule has 126 valence electrons. The Kier molecular flexibility index (Phi) is 3.60. The summed E-state index contributed by atoms with van der Waals surface area (Å²) in [6, 6.07) is 6.03. The van der Waals surface area contributed by atoms with Crippen LogP contribution in [0.1, 0.15) is 11.4 Å². The van der Waals surface area contributed by atoms with E-state index in [0.717, 1.165) is 22.9 Å². The van der Waals surface area contributed by atoms with Crippen molar-refractivity contribution in [1.29, 1.82) is 0 Å². The normalized spacial score (nSPS) is 13.7. The molecule has 4 heterocycles. The number of pyridine rings is 2. The van der Waals surface area contributed by atoms with E-state index in [0.29, 0.717) is 24.3 Å². The van der Waals surface area contributed by atoms with Crippen LogP contribution < -0.4 is 0 Å². The van der Waals surface area contributed by atoms with Gasteiger partial charge in [-0.3, -0.25) is 19.6 Å². The highest BCUT2D eigenvalue weighted by atomic mass is 19.4. The topological polar surface area (TPSA) is 56.0 Å². The van der Waals surface area contributed by atoms with E-state index in [1.54, 1.807) is 18.6 Å². The fraction of sp³-hybridized carbons (Fsp3) is 0.176. The molecule has 0 N–H and O–H groups in total. The van der Waals surface area contributed by atoms with Crippen molar-refractivity contribution in [1.82, 2.24) is 19.7 Å². The smallest absolute Gasteiger partial charge is 0.289 e. The van der Waals surface area contributed by atoms with Gasteiger partial charge in [-0.2, -0.15) is 18.3 Å². The van der Waals surface area contributed by atoms with Crippen LogP contribution in [0.4, 0.5) is 13.2 Å². The Hall–Kier alpha value is -3.03. The number of aliphatic imine (C=N–C) groups is 1. The van der Waals surface area contributed by atoms with Gasteiger partial charge in [0.15, 0.2) is 0 Å². The van der Waals surface area contributed by atoms with Gasteiger partial charge in [0.1, 0.15) is 11.4 Å². The molecule has 1 aliphatic heterocycles. The van der Waals surface area contributed by atoms with Crippen LogP contribution in [-0.4, -0.2) is 32.5 Å². The number of fused-ring (bicyclic) bond motifs is 1. The molecule has 4 rings (SSSR count). The van der Waals surface area contributed by atoms with Crippen molar-refractivity contribution in [2.24, 2.45) is 4.99 Å². The molecular weight excluding hydrogens is 331 g/mol. The lowest BCUT2D eigenvalue weighted by molar-refractivity contribution is -0.141. The first-order valence-corrected chi connectivity index (χ1v) is 7.59. The maximum absolute atomic E-state index is 12.7. The van der Waals surface area contributed by atoms with Gasteiger partial charge in [-0.15, -0.1) is 0 Å². The number of nitrogens with zero attached hydrogens (tertiary/aromatic N) is 5. The van der Waals surface area contributed by atoms with Crippen molar-refractivity contribution in [3.05, 3.63) is 54.2 Å². The first-order valence-electron chi connectivity index (χ1n) is 7.59. The number of rotatable bonds is 2. The highest BCUT2D eigenvalue weighted by Gasteiger charge is 2.32. The zero-order chi connectivity index (χ0) is 17.4. The number of hydrogen-bond acceptors (Lipinski definition) is 4. The van der Waals surface area contributed by atoms with Crippen LogP contribution in [0.25, 0.3) is 22.4 Å². The van der Waals surface area contributed by atoms with E-state index in [9.17, 15) is 13.2 Å². The summed E-state index contributed by atoms with van der Waals surface area (Å²) in [5.74, 6) is 0. The maximum Gasteiger partial charge on any atom is 0.433 e. The number of halogens is 3. The molecule has 0 unspecified atom stereocenters. The second kappa shape index (κ2) is 5.80. The van der Waals surface area contributed by atoms with Crippen LogP contribution in [0, 0.1) is 0 Å². The molecule has 0 saturated carbocycles. The Balaban J connectivity index is 1.88. The third kappa shape index (κ3) is 2.79. The number of alkyl halides is 3. The highest BCUT2D eigenvalue weighted by molar-refractivity contribution is 5.95. The van der Waals surface area contributed by atoms with Gasteiger partial charge in [-0.1, -0.05) is 0 Å². The first kappa shape index (κ1) is 15.5. The SMILES string of the molecule is FC(F)(F)c1ccc(-c2nn3c(c2-c2ccncc2)C=NCC3)cn1. The Morgan fingerprint density at radius 1 is 1.00 bits per heavy atom. The van der Waals surface area contributed by atoms with Crippen molar-refractivity contribution in [3.63, 3.8) is 0 Å². The van der Waals surface area contributed by atoms with E-state index in [4.69, 9.17) is 0 Å². The minimum Gasteiger partial charge on any atom is -0.289 e. The molecule has 0 fully saturated rings. The van der Waals surface area contributed by atoms with Gasteiger partial charge in [0.25, 0.3) is 0 Å². The zero-order valence-electron chi connectivity index (χ0n) is 12.9. The maximum atomic E-state index is 12.7. The molecule has 3 aromatic rings. The van der Waals surface area contributed by atoms with E-state index in [1.807, 2.05) is 16.8 Å². The summed E-state index contributed by atoms with van der Waals surface area (Å²) in [6.45, 7) is 1.24. The minimum atomic E-state index is -4.47. The Morgan fingerprint density at radius 3 is 2.48 bits per heavy atom. The largest absolute Gasteiger partial charge is 0.433 e. The summed E-state index contributed by atoms with van der Waals surface area (Å²) >= 11 is 0. The Labute approximate surface area is 140 Å². The number of hydrogen-bond donors (Lipinski definition) is 0. The van der Waals surface area contributed by atoms with Crippen LogP contribution in [0.5, 0.6) is 0 Å². The van der Waals surface area contributed by atoms with Crippen molar-refractivity contribution in [3.8, 4) is 22.4 Å². The molecule has 0 spiro atoms. The van der Waals surface area contributed by atoms with Gasteiger partial charge < -0.3 is 0 Å². The average molecular weight is 343 g/mol. The van der Waals surface area contributed by atoms with Crippen LogP contribution >= 0.6 is 0 Å². The molecular formula is C17H12F3N5. The van der Waals surface area contributed by atoms with E-state index in [2.05, 4.69) is 20.1 Å². The zero-order valence-corrected chi connectivity index (χ0v) is 12.9. The molecule has 0 bridgehead atoms. The third-order valence-electron chi connectivity index (χ3n) is 3.94. The molecule has 3 aromatic heterocycles. The van der Waals surface area contributed by atoms with E-state index < -0.39 is 11.9 Å². The lowest BCUT2D eigenvalue weighted by atomic mass is 10.0. The quantitative estimate of drug-likeness (QED) is 0.716. The Bertz CT molecular complexity index is 927. The fourth-order valence-electron chi connectivity index (χ4n) is 2.79. The van der Waals surface area contributed by atoms with Crippen molar-refractivity contribution in [2.45, 2.75) is 12.7 Å². The second-order valence-corrected chi connectivity index (χ2v) is 5.53. The standard InChI is InChI=1S/C17H12F3N5/c18-17(19,20)14-2-1-12(9-23-14)16-15(11-3-5-21-6-4-11)13-10-22-7-8-25(13)24-16/h1-6,9-10H,7-8H2. The summed E-state index contributed by atoms with van der Waals surface area (Å²) < 4.78 is 40.1. The molecule has 5 nitrogen and oxygen atoms in total. The molecule has 25 heavy (non-hydrogen) atoms. The van der Waals surface area contributed by atoms with E-state index in [1.165, 1.54) is 12.3 Å². The molecule has 0 atom stereocenters. The number of aromatic nitrogens is 4. The highest BCUT2D eigenvalue weighted by Crippen LogP contribution is 2.35. The summed E-state index contributed by atoms with van der Waals surface area (Å²) in [6.07, 6.45) is 1.81. The molecule has 8 heteroatoms. The van der Waals surface area contributed by atoms with Crippen LogP contribution in [-0.2, 0) is 12.7 Å². The molecule has 0 saturated heterocycles. The van der Waals surface area contributed by atoms with Crippen LogP contribution in [0.15, 0.2) is 47.8 Å². The molecule has 0 radical (unpaired) electrons. The summed E-state index contributed by atoms with van der Waals surface area (Å²) in [5.41, 5.74) is 2.69. The van der Waals surface area contributed by atoms with Crippen molar-refractivity contribution >= 4 is 6.21 Å². The van der Waals surface area contributed by atoms with Gasteiger partial charge in [0, 0.05) is 35.9 Å². The monoisotopic (exact) mass is 343 g/mol. The molecule has 0 aromatic carbocycles. The van der Waals surface area contributed by atoms with Gasteiger partial charge in [-0.05, 0) is 29.8 Å². The predicted octanol–water partition coefficient (Wildman–Crippen LogP) is 3.46. The van der Waals surface area contributed by atoms with Crippen molar-refractivity contribution in [2.75, 3.05) is 6.54 Å². The molecule has 1 aliphatic rings. The van der Waals surface area contributed by atoms with E-state index >= 15 is 0 Å². The summed E-state index contributed by atoms with van der Waals surface area (Å²) in [4.78, 5) is 11.8. The van der Waals surface area contributed by atoms with Crippen LogP contribution in [0.3, 0.4) is 0 Å². The fourth-order valence-corrected chi connectivity index (χ4v) is 2.79. The second-order valence-electron chi connectivity index (χ2n) is 5.53. The lowest BCUT2D eigenvalue weighted by Crippen LogP contribution is -2.12. The van der Waals surface area contributed by atoms with Gasteiger partial charge in [-0.25, -0.2) is 0 Å². The lowest BCUT2D eigenvalue weighted by Gasteiger charge is -2.09. The summed E-state index contributed by atoms with van der Waals surface area (Å²) in [7, 11) is 0. The van der Waals surface area contributed by atoms with Gasteiger partial charge >= 0.3 is 6.18 Å². The molecule has 0 aliphatic carbocycles. The summed E-state index contributed by atoms with van der Waals surface area (Å²) in [5, 5.41) is 4.57. The van der Waals surface area contributed by atoms with Crippen molar-refractivity contribution < 1.29 is 13.2 Å².